The Morgan fingerprint density at radius 3 is 2.29 bits per heavy atom. The molecule has 2 aliphatic heterocycles. The second-order valence-electron chi connectivity index (χ2n) is 8.61. The second kappa shape index (κ2) is 12.2. The van der Waals surface area contributed by atoms with Gasteiger partial charge in [-0.25, -0.2) is 9.59 Å². The van der Waals surface area contributed by atoms with Crippen LogP contribution in [0, 0.1) is 0 Å². The van der Waals surface area contributed by atoms with Crippen LogP contribution in [0.3, 0.4) is 0 Å². The van der Waals surface area contributed by atoms with Crippen molar-refractivity contribution in [2.75, 3.05) is 27.4 Å². The number of carboxylic acid groups (broad SMARTS) is 1. The van der Waals surface area contributed by atoms with Crippen LogP contribution in [0.15, 0.2) is 48.5 Å². The molecule has 0 aromatic heterocycles. The number of nitrogens with one attached hydrogen (secondary N) is 1. The minimum Gasteiger partial charge on any atom is -0.497 e. The van der Waals surface area contributed by atoms with Crippen molar-refractivity contribution >= 4 is 17.8 Å². The third-order valence-electron chi connectivity index (χ3n) is 6.02. The van der Waals surface area contributed by atoms with Gasteiger partial charge >= 0.3 is 11.9 Å². The minimum atomic E-state index is -1.19. The Morgan fingerprint density at radius 1 is 1.00 bits per heavy atom. The van der Waals surface area contributed by atoms with Gasteiger partial charge in [0.1, 0.15) is 42.5 Å². The molecule has 0 saturated carbocycles. The SMILES string of the molecule is COC(=O)c1ccc(OC2OC3COC(c4ccc(OC)cc4)OC3C(OCC(=O)O)C2NC(C)=O)cc1. The van der Waals surface area contributed by atoms with Gasteiger partial charge < -0.3 is 43.6 Å². The van der Waals surface area contributed by atoms with E-state index in [1.54, 1.807) is 43.5 Å². The lowest BCUT2D eigenvalue weighted by molar-refractivity contribution is -0.337. The molecule has 2 heterocycles. The maximum absolute atomic E-state index is 12.1. The van der Waals surface area contributed by atoms with Crippen molar-refractivity contribution < 1.29 is 52.6 Å². The van der Waals surface area contributed by atoms with Crippen LogP contribution in [0.4, 0.5) is 0 Å². The van der Waals surface area contributed by atoms with Gasteiger partial charge in [-0.1, -0.05) is 12.1 Å². The molecule has 2 aromatic carbocycles. The number of rotatable bonds is 9. The van der Waals surface area contributed by atoms with Gasteiger partial charge in [0.2, 0.25) is 12.2 Å². The first-order valence-electron chi connectivity index (χ1n) is 11.8. The average Bonchev–Trinajstić information content (AvgIpc) is 2.92. The fourth-order valence-electron chi connectivity index (χ4n) is 4.28. The molecular formula is C26H29NO11. The number of ether oxygens (including phenoxy) is 7. The largest absolute Gasteiger partial charge is 0.497 e. The summed E-state index contributed by atoms with van der Waals surface area (Å²) in [6.45, 7) is 0.762. The van der Waals surface area contributed by atoms with Crippen LogP contribution in [-0.2, 0) is 33.3 Å². The number of amides is 1. The molecule has 2 saturated heterocycles. The summed E-state index contributed by atoms with van der Waals surface area (Å²) in [6.07, 6.45) is -4.34. The van der Waals surface area contributed by atoms with E-state index >= 15 is 0 Å². The summed E-state index contributed by atoms with van der Waals surface area (Å²) in [4.78, 5) is 35.2. The summed E-state index contributed by atoms with van der Waals surface area (Å²) >= 11 is 0. The van der Waals surface area contributed by atoms with Crippen molar-refractivity contribution in [2.24, 2.45) is 0 Å². The molecule has 0 aliphatic carbocycles. The first-order valence-corrected chi connectivity index (χ1v) is 11.8. The van der Waals surface area contributed by atoms with Gasteiger partial charge in [-0.2, -0.15) is 0 Å². The fourth-order valence-corrected chi connectivity index (χ4v) is 4.28. The number of aliphatic carboxylic acids is 1. The minimum absolute atomic E-state index is 0.0855. The normalized spacial score (nSPS) is 26.5. The molecule has 12 heteroatoms. The number of methoxy groups -OCH3 is 2. The van der Waals surface area contributed by atoms with E-state index in [-0.39, 0.29) is 6.61 Å². The Balaban J connectivity index is 1.59. The number of carbonyl (C=O) groups excluding carboxylic acids is 2. The zero-order chi connectivity index (χ0) is 27.2. The number of carboxylic acids is 1. The fraction of sp³-hybridized carbons (Fsp3) is 0.423. The monoisotopic (exact) mass is 531 g/mol. The molecule has 6 atom stereocenters. The molecular weight excluding hydrogens is 502 g/mol. The van der Waals surface area contributed by atoms with Gasteiger partial charge in [-0.3, -0.25) is 4.79 Å². The molecule has 38 heavy (non-hydrogen) atoms. The highest BCUT2D eigenvalue weighted by Gasteiger charge is 2.52. The van der Waals surface area contributed by atoms with E-state index in [1.807, 2.05) is 0 Å². The highest BCUT2D eigenvalue weighted by molar-refractivity contribution is 5.89. The number of esters is 1. The van der Waals surface area contributed by atoms with E-state index in [1.165, 1.54) is 26.2 Å². The molecule has 2 aliphatic rings. The third-order valence-corrected chi connectivity index (χ3v) is 6.02. The molecule has 204 valence electrons. The smallest absolute Gasteiger partial charge is 0.337 e. The highest BCUT2D eigenvalue weighted by Crippen LogP contribution is 2.36. The summed E-state index contributed by atoms with van der Waals surface area (Å²) in [5.41, 5.74) is 1.03. The van der Waals surface area contributed by atoms with Crippen LogP contribution in [-0.4, -0.2) is 81.0 Å². The van der Waals surface area contributed by atoms with Crippen molar-refractivity contribution in [3.8, 4) is 11.5 Å². The van der Waals surface area contributed by atoms with Gasteiger partial charge in [0.15, 0.2) is 6.29 Å². The van der Waals surface area contributed by atoms with E-state index < -0.39 is 61.4 Å². The van der Waals surface area contributed by atoms with E-state index in [4.69, 9.17) is 33.2 Å². The van der Waals surface area contributed by atoms with Gasteiger partial charge in [0.05, 0.1) is 26.4 Å². The first-order chi connectivity index (χ1) is 18.3. The standard InChI is InChI=1S/C26H29NO11/c1-14(28)27-21-23(34-13-20(29)30)22-19(12-35-25(38-22)16-6-8-17(32-2)9-7-16)37-26(21)36-18-10-4-15(5-11-18)24(31)33-3/h4-11,19,21-23,25-26H,12-13H2,1-3H3,(H,27,28)(H,29,30). The lowest BCUT2D eigenvalue weighted by atomic mass is 9.95. The summed E-state index contributed by atoms with van der Waals surface area (Å²) in [7, 11) is 2.84. The van der Waals surface area contributed by atoms with Crippen molar-refractivity contribution in [1.82, 2.24) is 5.32 Å². The molecule has 0 bridgehead atoms. The Bertz CT molecular complexity index is 1120. The number of hydrogen-bond acceptors (Lipinski definition) is 10. The third kappa shape index (κ3) is 6.40. The van der Waals surface area contributed by atoms with Crippen molar-refractivity contribution in [1.29, 1.82) is 0 Å². The van der Waals surface area contributed by atoms with Crippen LogP contribution < -0.4 is 14.8 Å². The van der Waals surface area contributed by atoms with E-state index in [9.17, 15) is 19.5 Å². The molecule has 2 N–H and O–H groups in total. The maximum Gasteiger partial charge on any atom is 0.337 e. The lowest BCUT2D eigenvalue weighted by Crippen LogP contribution is -2.68. The Labute approximate surface area is 218 Å². The molecule has 12 nitrogen and oxygen atoms in total. The summed E-state index contributed by atoms with van der Waals surface area (Å²) in [5, 5.41) is 12.0. The number of carbonyl (C=O) groups is 3. The molecule has 0 radical (unpaired) electrons. The lowest BCUT2D eigenvalue weighted by Gasteiger charge is -2.49. The summed E-state index contributed by atoms with van der Waals surface area (Å²) in [6, 6.07) is 12.3. The van der Waals surface area contributed by atoms with Crippen molar-refractivity contribution in [2.45, 2.75) is 43.9 Å². The second-order valence-corrected chi connectivity index (χ2v) is 8.61. The predicted octanol–water partition coefficient (Wildman–Crippen LogP) is 1.67. The predicted molar refractivity (Wildman–Crippen MR) is 129 cm³/mol. The van der Waals surface area contributed by atoms with E-state index in [0.717, 1.165) is 0 Å². The summed E-state index contributed by atoms with van der Waals surface area (Å²) < 4.78 is 39.9. The molecule has 4 rings (SSSR count). The van der Waals surface area contributed by atoms with Crippen molar-refractivity contribution in [3.05, 3.63) is 59.7 Å². The van der Waals surface area contributed by atoms with Crippen LogP contribution in [0.5, 0.6) is 11.5 Å². The molecule has 6 unspecified atom stereocenters. The molecule has 2 fully saturated rings. The Kier molecular flexibility index (Phi) is 8.79. The van der Waals surface area contributed by atoms with Crippen LogP contribution in [0.2, 0.25) is 0 Å². The quantitative estimate of drug-likeness (QED) is 0.455. The Hall–Kier alpha value is -3.71. The van der Waals surface area contributed by atoms with Gasteiger partial charge in [0.25, 0.3) is 0 Å². The molecule has 2 aromatic rings. The number of hydrogen-bond donors (Lipinski definition) is 2. The van der Waals surface area contributed by atoms with Crippen LogP contribution >= 0.6 is 0 Å². The molecule has 1 amide bonds. The average molecular weight is 532 g/mol. The van der Waals surface area contributed by atoms with Crippen LogP contribution in [0.25, 0.3) is 0 Å². The van der Waals surface area contributed by atoms with E-state index in [0.29, 0.717) is 22.6 Å². The number of benzene rings is 2. The van der Waals surface area contributed by atoms with Crippen LogP contribution in [0.1, 0.15) is 29.1 Å². The van der Waals surface area contributed by atoms with Crippen molar-refractivity contribution in [3.63, 3.8) is 0 Å². The highest BCUT2D eigenvalue weighted by atomic mass is 16.8. The van der Waals surface area contributed by atoms with Gasteiger partial charge in [-0.05, 0) is 36.4 Å². The van der Waals surface area contributed by atoms with E-state index in [2.05, 4.69) is 5.32 Å². The molecule has 0 spiro atoms. The summed E-state index contributed by atoms with van der Waals surface area (Å²) in [5.74, 6) is -1.10. The zero-order valence-electron chi connectivity index (χ0n) is 21.0. The zero-order valence-corrected chi connectivity index (χ0v) is 21.0. The Morgan fingerprint density at radius 2 is 1.68 bits per heavy atom. The van der Waals surface area contributed by atoms with Gasteiger partial charge in [-0.15, -0.1) is 0 Å². The maximum atomic E-state index is 12.1. The number of fused-ring (bicyclic) bond motifs is 1. The van der Waals surface area contributed by atoms with Gasteiger partial charge in [0, 0.05) is 12.5 Å². The first kappa shape index (κ1) is 27.3. The topological polar surface area (TPSA) is 148 Å².